The highest BCUT2D eigenvalue weighted by atomic mass is 32.1. The Labute approximate surface area is 125 Å². The van der Waals surface area contributed by atoms with Crippen molar-refractivity contribution in [3.05, 3.63) is 35.2 Å². The summed E-state index contributed by atoms with van der Waals surface area (Å²) < 4.78 is 0. The molecule has 2 aromatic rings. The Kier molecular flexibility index (Phi) is 5.15. The molecule has 0 aliphatic carbocycles. The Morgan fingerprint density at radius 3 is 2.50 bits per heavy atom. The third kappa shape index (κ3) is 3.19. The molecule has 0 bridgehead atoms. The topological polar surface area (TPSA) is 28.2 Å². The van der Waals surface area contributed by atoms with E-state index in [1.54, 1.807) is 11.3 Å². The normalized spacial score (nSPS) is 11.1. The van der Waals surface area contributed by atoms with Gasteiger partial charge >= 0.3 is 0 Å². The second-order valence-electron chi connectivity index (χ2n) is 5.04. The molecule has 1 heterocycles. The van der Waals surface area contributed by atoms with E-state index < -0.39 is 0 Å². The molecule has 0 aliphatic heterocycles. The summed E-state index contributed by atoms with van der Waals surface area (Å²) in [6, 6.07) is 10.9. The molecule has 4 heteroatoms. The van der Waals surface area contributed by atoms with Gasteiger partial charge in [-0.25, -0.2) is 4.98 Å². The molecule has 20 heavy (non-hydrogen) atoms. The summed E-state index contributed by atoms with van der Waals surface area (Å²) in [6.07, 6.45) is 0. The van der Waals surface area contributed by atoms with Crippen molar-refractivity contribution in [3.63, 3.8) is 0 Å². The summed E-state index contributed by atoms with van der Waals surface area (Å²) >= 11 is 1.79. The first kappa shape index (κ1) is 15.0. The minimum Gasteiger partial charge on any atom is -0.346 e. The Hall–Kier alpha value is -1.39. The average Bonchev–Trinajstić information content (AvgIpc) is 2.84. The van der Waals surface area contributed by atoms with Crippen LogP contribution in [0.4, 0.5) is 5.13 Å². The number of hydrogen-bond donors (Lipinski definition) is 1. The molecule has 0 amide bonds. The van der Waals surface area contributed by atoms with Crippen LogP contribution in [-0.4, -0.2) is 24.6 Å². The first-order valence-electron chi connectivity index (χ1n) is 7.13. The molecule has 0 radical (unpaired) electrons. The van der Waals surface area contributed by atoms with Crippen molar-refractivity contribution >= 4 is 16.5 Å². The number of rotatable bonds is 6. The van der Waals surface area contributed by atoms with E-state index in [0.29, 0.717) is 6.04 Å². The van der Waals surface area contributed by atoms with Gasteiger partial charge in [0.25, 0.3) is 0 Å². The minimum atomic E-state index is 0.470. The van der Waals surface area contributed by atoms with E-state index in [2.05, 4.69) is 55.3 Å². The maximum atomic E-state index is 4.90. The zero-order valence-electron chi connectivity index (χ0n) is 12.7. The van der Waals surface area contributed by atoms with E-state index in [1.807, 2.05) is 13.1 Å². The fourth-order valence-electron chi connectivity index (χ4n) is 2.29. The second-order valence-corrected chi connectivity index (χ2v) is 6.11. The van der Waals surface area contributed by atoms with Crippen molar-refractivity contribution in [3.8, 4) is 11.3 Å². The first-order chi connectivity index (χ1) is 9.67. The summed E-state index contributed by atoms with van der Waals surface area (Å²) in [4.78, 5) is 8.54. The fourth-order valence-corrected chi connectivity index (χ4v) is 3.58. The molecule has 1 aromatic heterocycles. The molecule has 0 unspecified atom stereocenters. The van der Waals surface area contributed by atoms with Crippen molar-refractivity contribution < 1.29 is 0 Å². The van der Waals surface area contributed by atoms with Crippen LogP contribution in [0.15, 0.2) is 30.3 Å². The lowest BCUT2D eigenvalue weighted by Gasteiger charge is -2.24. The number of nitrogens with zero attached hydrogens (tertiary/aromatic N) is 2. The maximum Gasteiger partial charge on any atom is 0.186 e. The summed E-state index contributed by atoms with van der Waals surface area (Å²) in [5.41, 5.74) is 2.30. The highest BCUT2D eigenvalue weighted by Crippen LogP contribution is 2.33. The number of hydrogen-bond acceptors (Lipinski definition) is 4. The molecule has 0 atom stereocenters. The van der Waals surface area contributed by atoms with Crippen LogP contribution >= 0.6 is 11.3 Å². The summed E-state index contributed by atoms with van der Waals surface area (Å²) in [6.45, 7) is 8.45. The predicted molar refractivity (Wildman–Crippen MR) is 88.5 cm³/mol. The SMILES string of the molecule is CCN(c1nc(-c2ccccc2)c(CNC)s1)C(C)C. The second kappa shape index (κ2) is 6.86. The molecular weight excluding hydrogens is 266 g/mol. The highest BCUT2D eigenvalue weighted by Gasteiger charge is 2.17. The van der Waals surface area contributed by atoms with Crippen molar-refractivity contribution in [2.24, 2.45) is 0 Å². The maximum absolute atomic E-state index is 4.90. The van der Waals surface area contributed by atoms with Crippen LogP contribution in [0, 0.1) is 0 Å². The molecule has 0 fully saturated rings. The van der Waals surface area contributed by atoms with Gasteiger partial charge in [-0.3, -0.25) is 0 Å². The van der Waals surface area contributed by atoms with E-state index in [-0.39, 0.29) is 0 Å². The number of thiazole rings is 1. The third-order valence-corrected chi connectivity index (χ3v) is 4.37. The molecule has 1 N–H and O–H groups in total. The van der Waals surface area contributed by atoms with Crippen LogP contribution in [0.25, 0.3) is 11.3 Å². The van der Waals surface area contributed by atoms with Gasteiger partial charge in [0, 0.05) is 29.6 Å². The van der Waals surface area contributed by atoms with Gasteiger partial charge in [0.1, 0.15) is 0 Å². The van der Waals surface area contributed by atoms with E-state index in [0.717, 1.165) is 23.9 Å². The molecule has 2 rings (SSSR count). The van der Waals surface area contributed by atoms with Crippen LogP contribution in [0.5, 0.6) is 0 Å². The van der Waals surface area contributed by atoms with Gasteiger partial charge in [-0.15, -0.1) is 0 Å². The smallest absolute Gasteiger partial charge is 0.186 e. The third-order valence-electron chi connectivity index (χ3n) is 3.28. The van der Waals surface area contributed by atoms with E-state index >= 15 is 0 Å². The van der Waals surface area contributed by atoms with Crippen LogP contribution in [0.2, 0.25) is 0 Å². The monoisotopic (exact) mass is 289 g/mol. The molecule has 0 spiro atoms. The average molecular weight is 289 g/mol. The summed E-state index contributed by atoms with van der Waals surface area (Å²) in [7, 11) is 1.98. The zero-order chi connectivity index (χ0) is 14.5. The predicted octanol–water partition coefficient (Wildman–Crippen LogP) is 3.76. The van der Waals surface area contributed by atoms with Crippen molar-refractivity contribution in [1.82, 2.24) is 10.3 Å². The van der Waals surface area contributed by atoms with Gasteiger partial charge in [-0.2, -0.15) is 0 Å². The Morgan fingerprint density at radius 1 is 1.25 bits per heavy atom. The Morgan fingerprint density at radius 2 is 1.95 bits per heavy atom. The number of anilines is 1. The Balaban J connectivity index is 2.43. The lowest BCUT2D eigenvalue weighted by molar-refractivity contribution is 0.701. The number of benzene rings is 1. The molecule has 1 aromatic carbocycles. The zero-order valence-corrected chi connectivity index (χ0v) is 13.5. The van der Waals surface area contributed by atoms with Gasteiger partial charge in [0.15, 0.2) is 5.13 Å². The van der Waals surface area contributed by atoms with E-state index in [1.165, 1.54) is 10.4 Å². The van der Waals surface area contributed by atoms with E-state index in [9.17, 15) is 0 Å². The minimum absolute atomic E-state index is 0.470. The fraction of sp³-hybridized carbons (Fsp3) is 0.438. The van der Waals surface area contributed by atoms with Gasteiger partial charge < -0.3 is 10.2 Å². The van der Waals surface area contributed by atoms with E-state index in [4.69, 9.17) is 4.98 Å². The first-order valence-corrected chi connectivity index (χ1v) is 7.95. The van der Waals surface area contributed by atoms with Gasteiger partial charge in [-0.05, 0) is 27.8 Å². The molecule has 0 aliphatic rings. The van der Waals surface area contributed by atoms with Crippen LogP contribution < -0.4 is 10.2 Å². The molecule has 108 valence electrons. The van der Waals surface area contributed by atoms with Crippen molar-refractivity contribution in [2.75, 3.05) is 18.5 Å². The molecule has 0 saturated heterocycles. The lowest BCUT2D eigenvalue weighted by Crippen LogP contribution is -2.30. The summed E-state index contributed by atoms with van der Waals surface area (Å²) in [5, 5.41) is 4.36. The van der Waals surface area contributed by atoms with Crippen LogP contribution in [0.3, 0.4) is 0 Å². The summed E-state index contributed by atoms with van der Waals surface area (Å²) in [5.74, 6) is 0. The van der Waals surface area contributed by atoms with Crippen molar-refractivity contribution in [1.29, 1.82) is 0 Å². The van der Waals surface area contributed by atoms with Crippen LogP contribution in [0.1, 0.15) is 25.6 Å². The quantitative estimate of drug-likeness (QED) is 0.877. The van der Waals surface area contributed by atoms with Gasteiger partial charge in [-0.1, -0.05) is 41.7 Å². The molecule has 0 saturated carbocycles. The largest absolute Gasteiger partial charge is 0.346 e. The van der Waals surface area contributed by atoms with Crippen LogP contribution in [-0.2, 0) is 6.54 Å². The number of nitrogens with one attached hydrogen (secondary N) is 1. The number of aromatic nitrogens is 1. The van der Waals surface area contributed by atoms with Crippen molar-refractivity contribution in [2.45, 2.75) is 33.4 Å². The van der Waals surface area contributed by atoms with Gasteiger partial charge in [0.05, 0.1) is 5.69 Å². The Bertz CT molecular complexity index is 534. The lowest BCUT2D eigenvalue weighted by atomic mass is 10.1. The van der Waals surface area contributed by atoms with Gasteiger partial charge in [0.2, 0.25) is 0 Å². The standard InChI is InChI=1S/C16H23N3S/c1-5-19(12(2)3)16-18-15(14(20-16)11-17-4)13-9-7-6-8-10-13/h6-10,12,17H,5,11H2,1-4H3. The molecule has 3 nitrogen and oxygen atoms in total. The highest BCUT2D eigenvalue weighted by molar-refractivity contribution is 7.16. The molecular formula is C16H23N3S.